The SMILES string of the molecule is CCCCCCCCNc1nc(C)c(CCCCCC)c(NCCOCCOCCC)n1. The predicted octanol–water partition coefficient (Wildman–Crippen LogP) is 6.54. The Balaban J connectivity index is 2.53. The van der Waals surface area contributed by atoms with E-state index in [1.54, 1.807) is 0 Å². The van der Waals surface area contributed by atoms with E-state index in [0.29, 0.717) is 19.8 Å². The van der Waals surface area contributed by atoms with Crippen LogP contribution < -0.4 is 10.6 Å². The number of hydrogen-bond donors (Lipinski definition) is 2. The number of aromatic nitrogens is 2. The molecule has 186 valence electrons. The number of anilines is 2. The van der Waals surface area contributed by atoms with Crippen LogP contribution in [0.3, 0.4) is 0 Å². The highest BCUT2D eigenvalue weighted by atomic mass is 16.5. The summed E-state index contributed by atoms with van der Waals surface area (Å²) in [5.74, 6) is 1.70. The Morgan fingerprint density at radius 3 is 2.00 bits per heavy atom. The molecule has 0 aliphatic carbocycles. The zero-order valence-corrected chi connectivity index (χ0v) is 21.4. The number of aryl methyl sites for hydroxylation is 1. The molecule has 0 amide bonds. The molecule has 0 aliphatic rings. The van der Waals surface area contributed by atoms with E-state index in [2.05, 4.69) is 38.3 Å². The minimum Gasteiger partial charge on any atom is -0.379 e. The maximum Gasteiger partial charge on any atom is 0.224 e. The van der Waals surface area contributed by atoms with Crippen molar-refractivity contribution in [2.45, 2.75) is 105 Å². The third-order valence-corrected chi connectivity index (χ3v) is 5.57. The van der Waals surface area contributed by atoms with E-state index in [-0.39, 0.29) is 0 Å². The van der Waals surface area contributed by atoms with Gasteiger partial charge in [0.15, 0.2) is 0 Å². The third kappa shape index (κ3) is 13.9. The standard InChI is InChI=1S/C26H50N4O2/c1-5-8-10-12-13-15-17-28-26-29-23(4)24(16-14-11-9-6-2)25(30-26)27-18-20-32-22-21-31-19-7-3/h5-22H2,1-4H3,(H2,27,28,29,30). The lowest BCUT2D eigenvalue weighted by Gasteiger charge is -2.16. The molecule has 0 aromatic carbocycles. The Labute approximate surface area is 197 Å². The molecule has 0 unspecified atom stereocenters. The summed E-state index contributed by atoms with van der Waals surface area (Å²) in [5, 5.41) is 6.95. The molecule has 0 saturated heterocycles. The fourth-order valence-corrected chi connectivity index (χ4v) is 3.66. The minimum atomic E-state index is 0.638. The number of hydrogen-bond acceptors (Lipinski definition) is 6. The molecule has 0 spiro atoms. The van der Waals surface area contributed by atoms with E-state index >= 15 is 0 Å². The molecule has 0 radical (unpaired) electrons. The minimum absolute atomic E-state index is 0.638. The van der Waals surface area contributed by atoms with Gasteiger partial charge in [0.1, 0.15) is 5.82 Å². The number of ether oxygens (including phenoxy) is 2. The van der Waals surface area contributed by atoms with Gasteiger partial charge in [-0.3, -0.25) is 0 Å². The Bertz CT molecular complexity index is 569. The average Bonchev–Trinajstić information content (AvgIpc) is 2.79. The molecule has 2 N–H and O–H groups in total. The van der Waals surface area contributed by atoms with Crippen molar-refractivity contribution < 1.29 is 9.47 Å². The van der Waals surface area contributed by atoms with E-state index in [1.165, 1.54) is 69.8 Å². The second-order valence-electron chi connectivity index (χ2n) is 8.62. The van der Waals surface area contributed by atoms with Crippen molar-refractivity contribution in [3.8, 4) is 0 Å². The van der Waals surface area contributed by atoms with Gasteiger partial charge < -0.3 is 20.1 Å². The van der Waals surface area contributed by atoms with Crippen LogP contribution in [0.5, 0.6) is 0 Å². The average molecular weight is 451 g/mol. The van der Waals surface area contributed by atoms with Crippen LogP contribution in [0.2, 0.25) is 0 Å². The Morgan fingerprint density at radius 1 is 0.625 bits per heavy atom. The van der Waals surface area contributed by atoms with Gasteiger partial charge >= 0.3 is 0 Å². The molecule has 0 saturated carbocycles. The quantitative estimate of drug-likeness (QED) is 0.196. The molecule has 0 aliphatic heterocycles. The molecule has 1 aromatic heterocycles. The molecule has 32 heavy (non-hydrogen) atoms. The summed E-state index contributed by atoms with van der Waals surface area (Å²) >= 11 is 0. The second-order valence-corrected chi connectivity index (χ2v) is 8.62. The van der Waals surface area contributed by atoms with Gasteiger partial charge in [-0.25, -0.2) is 4.98 Å². The lowest BCUT2D eigenvalue weighted by Crippen LogP contribution is -2.16. The summed E-state index contributed by atoms with van der Waals surface area (Å²) in [6.45, 7) is 13.2. The van der Waals surface area contributed by atoms with Gasteiger partial charge in [-0.15, -0.1) is 0 Å². The van der Waals surface area contributed by atoms with Crippen molar-refractivity contribution in [2.24, 2.45) is 0 Å². The second kappa shape index (κ2) is 20.2. The fraction of sp³-hybridized carbons (Fsp3) is 0.846. The Hall–Kier alpha value is -1.40. The highest BCUT2D eigenvalue weighted by Gasteiger charge is 2.11. The van der Waals surface area contributed by atoms with Crippen LogP contribution in [0.4, 0.5) is 11.8 Å². The summed E-state index contributed by atoms with van der Waals surface area (Å²) in [6.07, 6.45) is 14.8. The topological polar surface area (TPSA) is 68.3 Å². The predicted molar refractivity (Wildman–Crippen MR) is 137 cm³/mol. The van der Waals surface area contributed by atoms with E-state index in [4.69, 9.17) is 19.4 Å². The first-order chi connectivity index (χ1) is 15.7. The van der Waals surface area contributed by atoms with Crippen LogP contribution in [0.25, 0.3) is 0 Å². The van der Waals surface area contributed by atoms with E-state index in [0.717, 1.165) is 50.0 Å². The Morgan fingerprint density at radius 2 is 1.28 bits per heavy atom. The monoisotopic (exact) mass is 450 g/mol. The van der Waals surface area contributed by atoms with Crippen molar-refractivity contribution in [1.29, 1.82) is 0 Å². The van der Waals surface area contributed by atoms with Crippen LogP contribution >= 0.6 is 0 Å². The maximum absolute atomic E-state index is 5.69. The summed E-state index contributed by atoms with van der Waals surface area (Å²) < 4.78 is 11.2. The van der Waals surface area contributed by atoms with Crippen LogP contribution in [-0.2, 0) is 15.9 Å². The van der Waals surface area contributed by atoms with E-state index < -0.39 is 0 Å². The molecule has 0 bridgehead atoms. The number of nitrogens with zero attached hydrogens (tertiary/aromatic N) is 2. The third-order valence-electron chi connectivity index (χ3n) is 5.57. The summed E-state index contributed by atoms with van der Waals surface area (Å²) in [6, 6.07) is 0. The molecule has 1 heterocycles. The van der Waals surface area contributed by atoms with E-state index in [9.17, 15) is 0 Å². The van der Waals surface area contributed by atoms with Crippen LogP contribution in [0, 0.1) is 6.92 Å². The van der Waals surface area contributed by atoms with Crippen molar-refractivity contribution >= 4 is 11.8 Å². The maximum atomic E-state index is 5.69. The smallest absolute Gasteiger partial charge is 0.224 e. The fourth-order valence-electron chi connectivity index (χ4n) is 3.66. The van der Waals surface area contributed by atoms with Crippen molar-refractivity contribution in [3.63, 3.8) is 0 Å². The zero-order chi connectivity index (χ0) is 23.3. The normalized spacial score (nSPS) is 11.1. The summed E-state index contributed by atoms with van der Waals surface area (Å²) in [4.78, 5) is 9.58. The van der Waals surface area contributed by atoms with Crippen molar-refractivity contribution in [1.82, 2.24) is 9.97 Å². The van der Waals surface area contributed by atoms with Crippen molar-refractivity contribution in [3.05, 3.63) is 11.3 Å². The van der Waals surface area contributed by atoms with Crippen molar-refractivity contribution in [2.75, 3.05) is 50.2 Å². The van der Waals surface area contributed by atoms with Gasteiger partial charge in [-0.2, -0.15) is 4.98 Å². The number of nitrogens with one attached hydrogen (secondary N) is 2. The molecular formula is C26H50N4O2. The highest BCUT2D eigenvalue weighted by molar-refractivity contribution is 5.50. The molecule has 1 rings (SSSR count). The van der Waals surface area contributed by atoms with Gasteiger partial charge in [0.2, 0.25) is 5.95 Å². The van der Waals surface area contributed by atoms with Gasteiger partial charge in [0.25, 0.3) is 0 Å². The van der Waals surface area contributed by atoms with Gasteiger partial charge in [0, 0.05) is 31.0 Å². The van der Waals surface area contributed by atoms with Gasteiger partial charge in [-0.05, 0) is 32.6 Å². The molecule has 0 fully saturated rings. The zero-order valence-electron chi connectivity index (χ0n) is 21.4. The summed E-state index contributed by atoms with van der Waals surface area (Å²) in [5.41, 5.74) is 2.33. The lowest BCUT2D eigenvalue weighted by atomic mass is 10.1. The number of unbranched alkanes of at least 4 members (excludes halogenated alkanes) is 8. The van der Waals surface area contributed by atoms with Crippen LogP contribution in [0.15, 0.2) is 0 Å². The van der Waals surface area contributed by atoms with Crippen LogP contribution in [0.1, 0.15) is 103 Å². The van der Waals surface area contributed by atoms with Gasteiger partial charge in [-0.1, -0.05) is 72.1 Å². The molecule has 0 atom stereocenters. The molecule has 6 nitrogen and oxygen atoms in total. The first-order valence-corrected chi connectivity index (χ1v) is 13.2. The molecular weight excluding hydrogens is 400 g/mol. The molecule has 6 heteroatoms. The van der Waals surface area contributed by atoms with E-state index in [1.807, 2.05) is 0 Å². The lowest BCUT2D eigenvalue weighted by molar-refractivity contribution is 0.0519. The summed E-state index contributed by atoms with van der Waals surface area (Å²) in [7, 11) is 0. The first kappa shape index (κ1) is 28.6. The Kier molecular flexibility index (Phi) is 18.1. The van der Waals surface area contributed by atoms with Gasteiger partial charge in [0.05, 0.1) is 19.8 Å². The highest BCUT2D eigenvalue weighted by Crippen LogP contribution is 2.21. The molecule has 1 aromatic rings. The first-order valence-electron chi connectivity index (χ1n) is 13.2. The van der Waals surface area contributed by atoms with Crippen LogP contribution in [-0.4, -0.2) is 49.5 Å². The number of rotatable bonds is 22. The largest absolute Gasteiger partial charge is 0.379 e.